The summed E-state index contributed by atoms with van der Waals surface area (Å²) in [7, 11) is 0. The number of ether oxygens (including phenoxy) is 1. The van der Waals surface area contributed by atoms with Crippen LogP contribution in [0, 0.1) is 5.92 Å². The van der Waals surface area contributed by atoms with E-state index in [9.17, 15) is 0 Å². The first-order valence-corrected chi connectivity index (χ1v) is 6.78. The molecule has 2 nitrogen and oxygen atoms in total. The maximum absolute atomic E-state index is 5.76. The molecule has 2 heteroatoms. The molecule has 1 unspecified atom stereocenters. The van der Waals surface area contributed by atoms with Crippen LogP contribution in [0.5, 0.6) is 5.75 Å². The molecule has 0 fully saturated rings. The fourth-order valence-corrected chi connectivity index (χ4v) is 1.98. The van der Waals surface area contributed by atoms with Crippen LogP contribution in [0.25, 0.3) is 11.1 Å². The number of benzene rings is 2. The maximum atomic E-state index is 5.76. The van der Waals surface area contributed by atoms with E-state index in [1.165, 1.54) is 11.1 Å². The summed E-state index contributed by atoms with van der Waals surface area (Å²) in [5.74, 6) is 1.42. The van der Waals surface area contributed by atoms with Gasteiger partial charge in [0.15, 0.2) is 0 Å². The summed E-state index contributed by atoms with van der Waals surface area (Å²) < 4.78 is 5.76. The van der Waals surface area contributed by atoms with Crippen molar-refractivity contribution < 1.29 is 4.74 Å². The van der Waals surface area contributed by atoms with E-state index in [2.05, 4.69) is 31.2 Å². The SMILES string of the molecule is CC(CCN)COc1ccc(-c2ccccc2)cc1. The van der Waals surface area contributed by atoms with Gasteiger partial charge in [0.05, 0.1) is 6.61 Å². The summed E-state index contributed by atoms with van der Waals surface area (Å²) in [6.45, 7) is 3.60. The van der Waals surface area contributed by atoms with Crippen LogP contribution >= 0.6 is 0 Å². The highest BCUT2D eigenvalue weighted by molar-refractivity contribution is 5.63. The van der Waals surface area contributed by atoms with E-state index in [0.29, 0.717) is 5.92 Å². The van der Waals surface area contributed by atoms with E-state index < -0.39 is 0 Å². The zero-order valence-corrected chi connectivity index (χ0v) is 11.4. The van der Waals surface area contributed by atoms with Crippen molar-refractivity contribution in [2.45, 2.75) is 13.3 Å². The van der Waals surface area contributed by atoms with Gasteiger partial charge in [-0.25, -0.2) is 0 Å². The van der Waals surface area contributed by atoms with Gasteiger partial charge in [-0.2, -0.15) is 0 Å². The second-order valence-corrected chi connectivity index (χ2v) is 4.88. The van der Waals surface area contributed by atoms with Gasteiger partial charge in [0.2, 0.25) is 0 Å². The molecule has 0 spiro atoms. The highest BCUT2D eigenvalue weighted by Gasteiger charge is 2.02. The first kappa shape index (κ1) is 13.6. The molecule has 0 aliphatic rings. The molecule has 2 aromatic rings. The summed E-state index contributed by atoms with van der Waals surface area (Å²) in [5, 5.41) is 0. The average Bonchev–Trinajstić information content (AvgIpc) is 2.47. The quantitative estimate of drug-likeness (QED) is 0.854. The highest BCUT2D eigenvalue weighted by atomic mass is 16.5. The fraction of sp³-hybridized carbons (Fsp3) is 0.294. The molecule has 0 saturated carbocycles. The van der Waals surface area contributed by atoms with Crippen LogP contribution in [0.15, 0.2) is 54.6 Å². The molecule has 100 valence electrons. The Hall–Kier alpha value is -1.80. The third kappa shape index (κ3) is 4.11. The first-order chi connectivity index (χ1) is 9.29. The summed E-state index contributed by atoms with van der Waals surface area (Å²) in [6, 6.07) is 18.6. The lowest BCUT2D eigenvalue weighted by Crippen LogP contribution is -2.13. The van der Waals surface area contributed by atoms with Crippen molar-refractivity contribution in [3.63, 3.8) is 0 Å². The third-order valence-corrected chi connectivity index (χ3v) is 3.16. The van der Waals surface area contributed by atoms with E-state index in [4.69, 9.17) is 10.5 Å². The van der Waals surface area contributed by atoms with Crippen LogP contribution in [-0.4, -0.2) is 13.2 Å². The van der Waals surface area contributed by atoms with Gasteiger partial charge in [-0.1, -0.05) is 49.4 Å². The Labute approximate surface area is 115 Å². The predicted molar refractivity (Wildman–Crippen MR) is 80.2 cm³/mol. The van der Waals surface area contributed by atoms with Gasteiger partial charge in [0, 0.05) is 0 Å². The second kappa shape index (κ2) is 6.95. The topological polar surface area (TPSA) is 35.2 Å². The van der Waals surface area contributed by atoms with Crippen LogP contribution in [-0.2, 0) is 0 Å². The number of nitrogens with two attached hydrogens (primary N) is 1. The van der Waals surface area contributed by atoms with Crippen LogP contribution in [0.2, 0.25) is 0 Å². The molecule has 2 rings (SSSR count). The molecule has 0 saturated heterocycles. The van der Waals surface area contributed by atoms with Crippen LogP contribution < -0.4 is 10.5 Å². The van der Waals surface area contributed by atoms with Crippen molar-refractivity contribution in [3.05, 3.63) is 54.6 Å². The Morgan fingerprint density at radius 1 is 0.947 bits per heavy atom. The van der Waals surface area contributed by atoms with Crippen molar-refractivity contribution >= 4 is 0 Å². The van der Waals surface area contributed by atoms with Gasteiger partial charge < -0.3 is 10.5 Å². The Balaban J connectivity index is 1.95. The standard InChI is InChI=1S/C17H21NO/c1-14(11-12-18)13-19-17-9-7-16(8-10-17)15-5-3-2-4-6-15/h2-10,14H,11-13,18H2,1H3. The van der Waals surface area contributed by atoms with Crippen molar-refractivity contribution in [2.24, 2.45) is 11.7 Å². The molecule has 0 bridgehead atoms. The third-order valence-electron chi connectivity index (χ3n) is 3.16. The molecule has 0 aliphatic heterocycles. The van der Waals surface area contributed by atoms with Crippen LogP contribution in [0.3, 0.4) is 0 Å². The van der Waals surface area contributed by atoms with Gasteiger partial charge in [-0.3, -0.25) is 0 Å². The number of rotatable bonds is 6. The molecular formula is C17H21NO. The molecule has 2 N–H and O–H groups in total. The lowest BCUT2D eigenvalue weighted by atomic mass is 10.1. The molecule has 0 heterocycles. The Kier molecular flexibility index (Phi) is 4.99. The van der Waals surface area contributed by atoms with Crippen LogP contribution in [0.4, 0.5) is 0 Å². The van der Waals surface area contributed by atoms with Gasteiger partial charge in [-0.05, 0) is 42.1 Å². The zero-order valence-electron chi connectivity index (χ0n) is 11.4. The van der Waals surface area contributed by atoms with Crippen molar-refractivity contribution in [1.82, 2.24) is 0 Å². The fourth-order valence-electron chi connectivity index (χ4n) is 1.98. The Morgan fingerprint density at radius 2 is 1.58 bits per heavy atom. The van der Waals surface area contributed by atoms with E-state index in [1.807, 2.05) is 30.3 Å². The second-order valence-electron chi connectivity index (χ2n) is 4.88. The van der Waals surface area contributed by atoms with Crippen molar-refractivity contribution in [2.75, 3.05) is 13.2 Å². The molecule has 0 amide bonds. The van der Waals surface area contributed by atoms with Gasteiger partial charge in [0.1, 0.15) is 5.75 Å². The van der Waals surface area contributed by atoms with E-state index in [1.54, 1.807) is 0 Å². The molecule has 0 radical (unpaired) electrons. The number of hydrogen-bond acceptors (Lipinski definition) is 2. The van der Waals surface area contributed by atoms with E-state index >= 15 is 0 Å². The molecular weight excluding hydrogens is 234 g/mol. The monoisotopic (exact) mass is 255 g/mol. The summed E-state index contributed by atoms with van der Waals surface area (Å²) in [4.78, 5) is 0. The summed E-state index contributed by atoms with van der Waals surface area (Å²) in [6.07, 6.45) is 1.00. The van der Waals surface area contributed by atoms with E-state index in [0.717, 1.165) is 25.3 Å². The Bertz CT molecular complexity index is 478. The minimum absolute atomic E-state index is 0.499. The largest absolute Gasteiger partial charge is 0.493 e. The normalized spacial score (nSPS) is 12.1. The van der Waals surface area contributed by atoms with Gasteiger partial charge >= 0.3 is 0 Å². The van der Waals surface area contributed by atoms with Gasteiger partial charge in [0.25, 0.3) is 0 Å². The summed E-state index contributed by atoms with van der Waals surface area (Å²) in [5.41, 5.74) is 7.97. The average molecular weight is 255 g/mol. The molecule has 1 atom stereocenters. The van der Waals surface area contributed by atoms with E-state index in [-0.39, 0.29) is 0 Å². The first-order valence-electron chi connectivity index (χ1n) is 6.78. The molecule has 2 aromatic carbocycles. The smallest absolute Gasteiger partial charge is 0.119 e. The van der Waals surface area contributed by atoms with Crippen molar-refractivity contribution in [1.29, 1.82) is 0 Å². The molecule has 19 heavy (non-hydrogen) atoms. The lowest BCUT2D eigenvalue weighted by molar-refractivity contribution is 0.254. The lowest BCUT2D eigenvalue weighted by Gasteiger charge is -2.12. The van der Waals surface area contributed by atoms with Crippen molar-refractivity contribution in [3.8, 4) is 16.9 Å². The van der Waals surface area contributed by atoms with Gasteiger partial charge in [-0.15, -0.1) is 0 Å². The molecule has 0 aliphatic carbocycles. The Morgan fingerprint density at radius 3 is 2.21 bits per heavy atom. The highest BCUT2D eigenvalue weighted by Crippen LogP contribution is 2.22. The molecule has 0 aromatic heterocycles. The number of hydrogen-bond donors (Lipinski definition) is 1. The summed E-state index contributed by atoms with van der Waals surface area (Å²) >= 11 is 0. The maximum Gasteiger partial charge on any atom is 0.119 e. The minimum atomic E-state index is 0.499. The zero-order chi connectivity index (χ0) is 13.5. The minimum Gasteiger partial charge on any atom is -0.493 e. The predicted octanol–water partition coefficient (Wildman–Crippen LogP) is 3.72. The van der Waals surface area contributed by atoms with Crippen LogP contribution in [0.1, 0.15) is 13.3 Å².